The monoisotopic (exact) mass is 1090 g/mol. The summed E-state index contributed by atoms with van der Waals surface area (Å²) in [5.74, 6) is -1.53. The molecule has 0 rings (SSSR count). The molecular formula is C64H117O11P. The van der Waals surface area contributed by atoms with Gasteiger partial charge in [-0.3, -0.25) is 23.4 Å². The number of hydrogen-bond acceptors (Lipinski definition) is 10. The number of phosphoric acid groups is 1. The molecule has 3 unspecified atom stereocenters. The van der Waals surface area contributed by atoms with Gasteiger partial charge in [0.05, 0.1) is 19.8 Å². The summed E-state index contributed by atoms with van der Waals surface area (Å²) >= 11 is 0. The summed E-state index contributed by atoms with van der Waals surface area (Å²) in [6, 6.07) is 0. The maximum absolute atomic E-state index is 12.9. The Balaban J connectivity index is 4.70. The standard InChI is InChI=1S/C64H117O11P/c1-4-7-10-13-16-19-22-25-27-29-30-32-33-36-38-41-44-47-50-53-62(66)71-57-61(75-64(68)55-52-49-46-43-40-37-34-31-28-26-23-20-17-14-11-8-5-2)59-73-76(69,70)72-58-60(56-65)74-63(67)54-51-48-45-42-39-35-24-21-18-15-12-9-6-3/h9,12,18,21,35,39,45,48,60-61,65H,4-8,10-11,13-17,19-20,22-34,36-38,40-44,46-47,49-59H2,1-3H3,(H,69,70)/b12-9-,21-18-,39-35-,48-45-. The highest BCUT2D eigenvalue weighted by Gasteiger charge is 2.28. The molecule has 76 heavy (non-hydrogen) atoms. The number of phosphoric ester groups is 1. The summed E-state index contributed by atoms with van der Waals surface area (Å²) in [5, 5.41) is 9.81. The number of unbranched alkanes of at least 4 members (excludes halogenated alkanes) is 34. The molecule has 0 bridgehead atoms. The van der Waals surface area contributed by atoms with E-state index in [2.05, 4.69) is 57.2 Å². The van der Waals surface area contributed by atoms with Crippen molar-refractivity contribution in [3.63, 3.8) is 0 Å². The van der Waals surface area contributed by atoms with Crippen LogP contribution in [0, 0.1) is 0 Å². The largest absolute Gasteiger partial charge is 0.472 e. The topological polar surface area (TPSA) is 155 Å². The summed E-state index contributed by atoms with van der Waals surface area (Å²) in [6.45, 7) is 4.51. The fraction of sp³-hybridized carbons (Fsp3) is 0.828. The van der Waals surface area contributed by atoms with E-state index in [4.69, 9.17) is 23.3 Å². The van der Waals surface area contributed by atoms with Crippen LogP contribution in [0.3, 0.4) is 0 Å². The van der Waals surface area contributed by atoms with E-state index in [9.17, 15) is 28.9 Å². The predicted molar refractivity (Wildman–Crippen MR) is 316 cm³/mol. The van der Waals surface area contributed by atoms with Gasteiger partial charge in [0, 0.05) is 19.3 Å². The van der Waals surface area contributed by atoms with Crippen molar-refractivity contribution in [2.45, 2.75) is 315 Å². The Kier molecular flexibility index (Phi) is 56.6. The lowest BCUT2D eigenvalue weighted by Gasteiger charge is -2.21. The molecule has 0 saturated heterocycles. The van der Waals surface area contributed by atoms with Gasteiger partial charge < -0.3 is 24.2 Å². The number of aliphatic hydroxyl groups is 1. The van der Waals surface area contributed by atoms with Crippen molar-refractivity contribution in [3.05, 3.63) is 48.6 Å². The molecule has 0 aliphatic heterocycles. The van der Waals surface area contributed by atoms with Crippen LogP contribution < -0.4 is 0 Å². The number of rotatable bonds is 59. The van der Waals surface area contributed by atoms with Gasteiger partial charge in [0.25, 0.3) is 0 Å². The van der Waals surface area contributed by atoms with Gasteiger partial charge in [0.2, 0.25) is 0 Å². The van der Waals surface area contributed by atoms with Crippen molar-refractivity contribution in [2.24, 2.45) is 0 Å². The molecule has 0 aromatic carbocycles. The minimum Gasteiger partial charge on any atom is -0.462 e. The van der Waals surface area contributed by atoms with Gasteiger partial charge in [-0.1, -0.05) is 288 Å². The van der Waals surface area contributed by atoms with Crippen LogP contribution in [0.4, 0.5) is 0 Å². The van der Waals surface area contributed by atoms with E-state index in [0.717, 1.165) is 64.2 Å². The van der Waals surface area contributed by atoms with Gasteiger partial charge in [0.1, 0.15) is 12.7 Å². The third-order valence-corrected chi connectivity index (χ3v) is 14.7. The Hall–Kier alpha value is -2.56. The number of hydrogen-bond donors (Lipinski definition) is 2. The first kappa shape index (κ1) is 73.4. The molecule has 0 heterocycles. The number of carbonyl (C=O) groups excluding carboxylic acids is 3. The van der Waals surface area contributed by atoms with Crippen molar-refractivity contribution in [1.29, 1.82) is 0 Å². The molecule has 0 amide bonds. The van der Waals surface area contributed by atoms with E-state index in [1.54, 1.807) is 0 Å². The van der Waals surface area contributed by atoms with Crippen LogP contribution >= 0.6 is 7.82 Å². The van der Waals surface area contributed by atoms with Gasteiger partial charge in [-0.2, -0.15) is 0 Å². The highest BCUT2D eigenvalue weighted by molar-refractivity contribution is 7.47. The summed E-state index contributed by atoms with van der Waals surface area (Å²) in [7, 11) is -4.76. The maximum Gasteiger partial charge on any atom is 0.472 e. The maximum atomic E-state index is 12.9. The van der Waals surface area contributed by atoms with Crippen LogP contribution in [0.25, 0.3) is 0 Å². The molecule has 0 aliphatic rings. The molecule has 0 aliphatic carbocycles. The van der Waals surface area contributed by atoms with Crippen molar-refractivity contribution in [2.75, 3.05) is 26.4 Å². The van der Waals surface area contributed by atoms with Crippen molar-refractivity contribution in [1.82, 2.24) is 0 Å². The first-order chi connectivity index (χ1) is 37.2. The van der Waals surface area contributed by atoms with Crippen molar-refractivity contribution in [3.8, 4) is 0 Å². The Labute approximate surface area is 466 Å². The van der Waals surface area contributed by atoms with Gasteiger partial charge in [0.15, 0.2) is 6.10 Å². The lowest BCUT2D eigenvalue weighted by Crippen LogP contribution is -2.30. The van der Waals surface area contributed by atoms with E-state index >= 15 is 0 Å². The van der Waals surface area contributed by atoms with Crippen LogP contribution in [-0.4, -0.2) is 66.5 Å². The molecule has 0 radical (unpaired) electrons. The third kappa shape index (κ3) is 56.2. The molecule has 12 heteroatoms. The molecule has 11 nitrogen and oxygen atoms in total. The van der Waals surface area contributed by atoms with Gasteiger partial charge in [-0.15, -0.1) is 0 Å². The zero-order chi connectivity index (χ0) is 55.5. The normalized spacial score (nSPS) is 13.6. The summed E-state index contributed by atoms with van der Waals surface area (Å²) in [6.07, 6.45) is 63.8. The Morgan fingerprint density at radius 1 is 0.382 bits per heavy atom. The minimum atomic E-state index is -4.76. The summed E-state index contributed by atoms with van der Waals surface area (Å²) in [4.78, 5) is 48.6. The number of aliphatic hydroxyl groups excluding tert-OH is 1. The average molecular weight is 1090 g/mol. The first-order valence-electron chi connectivity index (χ1n) is 31.5. The average Bonchev–Trinajstić information content (AvgIpc) is 3.41. The van der Waals surface area contributed by atoms with Gasteiger partial charge >= 0.3 is 25.7 Å². The highest BCUT2D eigenvalue weighted by atomic mass is 31.2. The fourth-order valence-corrected chi connectivity index (χ4v) is 9.80. The lowest BCUT2D eigenvalue weighted by molar-refractivity contribution is -0.161. The predicted octanol–water partition coefficient (Wildman–Crippen LogP) is 18.9. The van der Waals surface area contributed by atoms with Gasteiger partial charge in [-0.25, -0.2) is 4.57 Å². The van der Waals surface area contributed by atoms with E-state index in [-0.39, 0.29) is 25.9 Å². The van der Waals surface area contributed by atoms with E-state index < -0.39 is 57.8 Å². The van der Waals surface area contributed by atoms with E-state index in [1.807, 2.05) is 12.2 Å². The van der Waals surface area contributed by atoms with E-state index in [0.29, 0.717) is 19.3 Å². The number of esters is 3. The second kappa shape index (κ2) is 58.6. The third-order valence-electron chi connectivity index (χ3n) is 13.8. The lowest BCUT2D eigenvalue weighted by atomic mass is 10.0. The number of ether oxygens (including phenoxy) is 3. The molecule has 0 saturated carbocycles. The fourth-order valence-electron chi connectivity index (χ4n) is 9.02. The SMILES string of the molecule is CC/C=C\C/C=C\C/C=C\C/C=C\CCC(=O)OC(CO)COP(=O)(O)OCC(COC(=O)CCCCCCCCCCCCCCCCCCCCC)OC(=O)CCCCCCCCCCCCCCCCCCC. The van der Waals surface area contributed by atoms with Crippen LogP contribution in [0.2, 0.25) is 0 Å². The molecule has 2 N–H and O–H groups in total. The van der Waals surface area contributed by atoms with Gasteiger partial charge in [-0.05, 0) is 44.9 Å². The zero-order valence-corrected chi connectivity index (χ0v) is 50.1. The van der Waals surface area contributed by atoms with Crippen molar-refractivity contribution >= 4 is 25.7 Å². The zero-order valence-electron chi connectivity index (χ0n) is 49.2. The minimum absolute atomic E-state index is 0.0584. The molecular weight excluding hydrogens is 976 g/mol. The van der Waals surface area contributed by atoms with E-state index in [1.165, 1.54) is 180 Å². The molecule has 444 valence electrons. The molecule has 0 aromatic heterocycles. The Morgan fingerprint density at radius 2 is 0.684 bits per heavy atom. The summed E-state index contributed by atoms with van der Waals surface area (Å²) in [5.41, 5.74) is 0. The van der Waals surface area contributed by atoms with Crippen LogP contribution in [0.5, 0.6) is 0 Å². The molecule has 0 fully saturated rings. The first-order valence-corrected chi connectivity index (χ1v) is 33.0. The number of carbonyl (C=O) groups is 3. The Morgan fingerprint density at radius 3 is 1.05 bits per heavy atom. The highest BCUT2D eigenvalue weighted by Crippen LogP contribution is 2.43. The second-order valence-corrected chi connectivity index (χ2v) is 22.7. The Bertz CT molecular complexity index is 1460. The van der Waals surface area contributed by atoms with Crippen LogP contribution in [-0.2, 0) is 42.2 Å². The smallest absolute Gasteiger partial charge is 0.462 e. The second-order valence-electron chi connectivity index (χ2n) is 21.2. The number of allylic oxidation sites excluding steroid dienone is 8. The quantitative estimate of drug-likeness (QED) is 0.0197. The summed E-state index contributed by atoms with van der Waals surface area (Å²) < 4.78 is 39.6. The van der Waals surface area contributed by atoms with Crippen LogP contribution in [0.15, 0.2) is 48.6 Å². The molecule has 0 spiro atoms. The van der Waals surface area contributed by atoms with Crippen LogP contribution in [0.1, 0.15) is 303 Å². The van der Waals surface area contributed by atoms with Crippen molar-refractivity contribution < 1.29 is 52.2 Å². The molecule has 0 aromatic rings. The molecule has 3 atom stereocenters.